The van der Waals surface area contributed by atoms with Crippen LogP contribution in [0.25, 0.3) is 0 Å². The van der Waals surface area contributed by atoms with E-state index in [0.29, 0.717) is 21.0 Å². The summed E-state index contributed by atoms with van der Waals surface area (Å²) in [5.74, 6) is -2.02. The lowest BCUT2D eigenvalue weighted by Gasteiger charge is -2.46. The predicted molar refractivity (Wildman–Crippen MR) is 117 cm³/mol. The Kier molecular flexibility index (Phi) is 5.84. The number of carbonyl (C=O) groups is 1. The average molecular weight is 478 g/mol. The molecule has 0 spiro atoms. The average Bonchev–Trinajstić information content (AvgIpc) is 2.78. The molecule has 1 aliphatic heterocycles. The van der Waals surface area contributed by atoms with Crippen LogP contribution in [-0.2, 0) is 0 Å². The number of carbonyl (C=O) groups excluding carboxylic acids is 1. The van der Waals surface area contributed by atoms with E-state index in [1.54, 1.807) is 54.6 Å². The number of halogens is 4. The van der Waals surface area contributed by atoms with E-state index in [4.69, 9.17) is 11.6 Å². The van der Waals surface area contributed by atoms with Crippen molar-refractivity contribution in [3.8, 4) is 5.75 Å². The maximum absolute atomic E-state index is 13.6. The van der Waals surface area contributed by atoms with Gasteiger partial charge in [-0.25, -0.2) is 0 Å². The van der Waals surface area contributed by atoms with Crippen molar-refractivity contribution < 1.29 is 23.1 Å². The van der Waals surface area contributed by atoms with Crippen LogP contribution >= 0.6 is 11.6 Å². The summed E-state index contributed by atoms with van der Waals surface area (Å²) >= 11 is 6.48. The highest BCUT2D eigenvalue weighted by molar-refractivity contribution is 6.31. The number of hydrogen-bond acceptors (Lipinski definition) is 4. The topological polar surface area (TPSA) is 65.8 Å². The Morgan fingerprint density at radius 1 is 1.00 bits per heavy atom. The van der Waals surface area contributed by atoms with Crippen molar-refractivity contribution >= 4 is 17.5 Å². The van der Waals surface area contributed by atoms with Crippen molar-refractivity contribution in [3.63, 3.8) is 0 Å². The lowest BCUT2D eigenvalue weighted by atomic mass is 9.97. The van der Waals surface area contributed by atoms with Crippen LogP contribution in [0.3, 0.4) is 0 Å². The fourth-order valence-electron chi connectivity index (χ4n) is 3.88. The Hall–Kier alpha value is -3.46. The van der Waals surface area contributed by atoms with Gasteiger partial charge in [0.25, 0.3) is 5.91 Å². The fraction of sp³-hybridized carbons (Fsp3) is 0.217. The molecule has 1 N–H and O–H groups in total. The summed E-state index contributed by atoms with van der Waals surface area (Å²) in [7, 11) is 0. The van der Waals surface area contributed by atoms with Gasteiger partial charge in [-0.15, -0.1) is 0 Å². The Labute approximate surface area is 192 Å². The number of alkyl halides is 3. The molecule has 1 aliphatic rings. The molecule has 0 unspecified atom stereocenters. The number of rotatable bonds is 4. The number of nitrogens with zero attached hydrogens (tertiary/aromatic N) is 3. The first-order chi connectivity index (χ1) is 15.6. The summed E-state index contributed by atoms with van der Waals surface area (Å²) < 4.78 is 42.1. The zero-order chi connectivity index (χ0) is 23.9. The van der Waals surface area contributed by atoms with Gasteiger partial charge in [-0.2, -0.15) is 13.2 Å². The van der Waals surface area contributed by atoms with Crippen molar-refractivity contribution in [3.05, 3.63) is 98.9 Å². The second kappa shape index (κ2) is 8.47. The fourth-order valence-corrected chi connectivity index (χ4v) is 4.12. The molecular formula is C23H19ClF3N3O3. The highest BCUT2D eigenvalue weighted by Gasteiger charge is 2.47. The van der Waals surface area contributed by atoms with Crippen LogP contribution in [0.5, 0.6) is 5.75 Å². The molecule has 0 saturated carbocycles. The number of fused-ring (bicyclic) bond motifs is 1. The van der Waals surface area contributed by atoms with Crippen molar-refractivity contribution in [1.29, 1.82) is 0 Å². The minimum Gasteiger partial charge on any atom is -0.502 e. The lowest BCUT2D eigenvalue weighted by Crippen LogP contribution is -2.60. The van der Waals surface area contributed by atoms with Gasteiger partial charge in [0.1, 0.15) is 12.7 Å². The predicted octanol–water partition coefficient (Wildman–Crippen LogP) is 4.30. The van der Waals surface area contributed by atoms with Crippen LogP contribution in [0.2, 0.25) is 5.02 Å². The molecule has 2 atom stereocenters. The number of amides is 1. The second-order valence-corrected chi connectivity index (χ2v) is 8.04. The molecule has 10 heteroatoms. The summed E-state index contributed by atoms with van der Waals surface area (Å²) in [5, 5.41) is 12.2. The third kappa shape index (κ3) is 4.04. The van der Waals surface area contributed by atoms with Crippen molar-refractivity contribution in [2.45, 2.75) is 25.2 Å². The van der Waals surface area contributed by atoms with Crippen LogP contribution in [0, 0.1) is 0 Å². The van der Waals surface area contributed by atoms with Crippen LogP contribution < -0.4 is 10.4 Å². The highest BCUT2D eigenvalue weighted by atomic mass is 35.5. The van der Waals surface area contributed by atoms with Gasteiger partial charge in [0.15, 0.2) is 11.4 Å². The molecule has 0 fully saturated rings. The Balaban J connectivity index is 1.98. The number of benzene rings is 2. The summed E-state index contributed by atoms with van der Waals surface area (Å²) in [5.41, 5.74) is -0.157. The zero-order valence-electron chi connectivity index (χ0n) is 17.3. The number of hydrogen-bond donors (Lipinski definition) is 1. The van der Waals surface area contributed by atoms with E-state index >= 15 is 0 Å². The van der Waals surface area contributed by atoms with Crippen LogP contribution in [0.4, 0.5) is 13.2 Å². The molecule has 4 rings (SSSR count). The van der Waals surface area contributed by atoms with E-state index in [1.807, 2.05) is 0 Å². The van der Waals surface area contributed by atoms with E-state index in [1.165, 1.54) is 15.9 Å². The van der Waals surface area contributed by atoms with E-state index < -0.39 is 47.7 Å². The van der Waals surface area contributed by atoms with Crippen LogP contribution in [0.15, 0.2) is 71.7 Å². The molecule has 0 radical (unpaired) electrons. The minimum absolute atomic E-state index is 0.366. The lowest BCUT2D eigenvalue weighted by molar-refractivity contribution is -0.173. The first-order valence-electron chi connectivity index (χ1n) is 10.00. The minimum atomic E-state index is -4.72. The maximum atomic E-state index is 13.6. The molecule has 0 aliphatic carbocycles. The van der Waals surface area contributed by atoms with Gasteiger partial charge in [-0.3, -0.25) is 19.3 Å². The van der Waals surface area contributed by atoms with Gasteiger partial charge < -0.3 is 10.0 Å². The van der Waals surface area contributed by atoms with Gasteiger partial charge in [0.05, 0.1) is 6.04 Å². The Morgan fingerprint density at radius 3 is 2.27 bits per heavy atom. The second-order valence-electron chi connectivity index (χ2n) is 7.63. The number of pyridine rings is 1. The maximum Gasteiger partial charge on any atom is 0.408 e. The van der Waals surface area contributed by atoms with Crippen molar-refractivity contribution in [2.24, 2.45) is 0 Å². The molecule has 2 heterocycles. The third-order valence-electron chi connectivity index (χ3n) is 5.65. The SMILES string of the molecule is C[C@@H](N1CN([C@@H](c2ccccc2)c2ccccc2Cl)n2ccc(=O)c(O)c2C1=O)C(F)(F)F. The first-order valence-corrected chi connectivity index (χ1v) is 10.4. The largest absolute Gasteiger partial charge is 0.502 e. The molecule has 0 saturated heterocycles. The number of aromatic hydroxyl groups is 1. The van der Waals surface area contributed by atoms with Gasteiger partial charge in [0.2, 0.25) is 5.43 Å². The van der Waals surface area contributed by atoms with Gasteiger partial charge in [-0.1, -0.05) is 60.1 Å². The standard InChI is InChI=1S/C23H19ClF3N3O3/c1-14(23(25,26)27)28-13-30(29-12-11-18(31)21(32)20(29)22(28)33)19(15-7-3-2-4-8-15)16-9-5-6-10-17(16)24/h2-12,14,19,32H,13H2,1H3/t14-,19+/m1/s1. The smallest absolute Gasteiger partial charge is 0.408 e. The number of aromatic nitrogens is 1. The highest BCUT2D eigenvalue weighted by Crippen LogP contribution is 2.37. The Bertz CT molecular complexity index is 1250. The molecule has 1 amide bonds. The monoisotopic (exact) mass is 477 g/mol. The van der Waals surface area contributed by atoms with Gasteiger partial charge >= 0.3 is 6.18 Å². The molecule has 0 bridgehead atoms. The first kappa shape index (κ1) is 22.7. The molecule has 6 nitrogen and oxygen atoms in total. The van der Waals surface area contributed by atoms with E-state index in [2.05, 4.69) is 0 Å². The molecule has 2 aromatic carbocycles. The van der Waals surface area contributed by atoms with Crippen molar-refractivity contribution in [1.82, 2.24) is 9.58 Å². The quantitative estimate of drug-likeness (QED) is 0.608. The Morgan fingerprint density at radius 2 is 1.64 bits per heavy atom. The summed E-state index contributed by atoms with van der Waals surface area (Å²) in [6.07, 6.45) is -3.46. The molecular weight excluding hydrogens is 459 g/mol. The third-order valence-corrected chi connectivity index (χ3v) is 5.99. The summed E-state index contributed by atoms with van der Waals surface area (Å²) in [6, 6.07) is 13.9. The normalized spacial score (nSPS) is 15.8. The van der Waals surface area contributed by atoms with E-state index in [9.17, 15) is 27.9 Å². The summed E-state index contributed by atoms with van der Waals surface area (Å²) in [4.78, 5) is 25.7. The molecule has 33 heavy (non-hydrogen) atoms. The van der Waals surface area contributed by atoms with Gasteiger partial charge in [-0.05, 0) is 24.1 Å². The van der Waals surface area contributed by atoms with Crippen LogP contribution in [-0.4, -0.2) is 39.5 Å². The van der Waals surface area contributed by atoms with Gasteiger partial charge in [0, 0.05) is 17.3 Å². The molecule has 1 aromatic heterocycles. The van der Waals surface area contributed by atoms with E-state index in [-0.39, 0.29) is 0 Å². The zero-order valence-corrected chi connectivity index (χ0v) is 18.1. The van der Waals surface area contributed by atoms with Crippen molar-refractivity contribution in [2.75, 3.05) is 11.7 Å². The molecule has 3 aromatic rings. The van der Waals surface area contributed by atoms with Crippen LogP contribution in [0.1, 0.15) is 34.6 Å². The summed E-state index contributed by atoms with van der Waals surface area (Å²) in [6.45, 7) is 0.385. The van der Waals surface area contributed by atoms with E-state index in [0.717, 1.165) is 13.0 Å². The molecule has 172 valence electrons.